The van der Waals surface area contributed by atoms with Gasteiger partial charge in [-0.3, -0.25) is 4.90 Å². The van der Waals surface area contributed by atoms with E-state index in [-0.39, 0.29) is 6.10 Å². The van der Waals surface area contributed by atoms with E-state index in [1.54, 1.807) is 7.11 Å². The third-order valence-corrected chi connectivity index (χ3v) is 4.14. The highest BCUT2D eigenvalue weighted by Gasteiger charge is 2.18. The molecule has 1 aliphatic rings. The molecule has 1 aliphatic heterocycles. The molecule has 0 bridgehead atoms. The Labute approximate surface area is 126 Å². The van der Waals surface area contributed by atoms with Crippen molar-refractivity contribution in [1.82, 2.24) is 4.90 Å². The summed E-state index contributed by atoms with van der Waals surface area (Å²) in [5.74, 6) is 0. The molecule has 0 saturated carbocycles. The number of piperazine rings is 1. The smallest absolute Gasteiger partial charge is 0.0705 e. The van der Waals surface area contributed by atoms with Gasteiger partial charge in [0.15, 0.2) is 0 Å². The number of halogens is 1. The van der Waals surface area contributed by atoms with Crippen LogP contribution >= 0.6 is 11.6 Å². The Bertz CT molecular complexity index is 404. The summed E-state index contributed by atoms with van der Waals surface area (Å²) in [6.07, 6.45) is 1.19. The second-order valence-electron chi connectivity index (χ2n) is 5.19. The fourth-order valence-corrected chi connectivity index (χ4v) is 2.75. The summed E-state index contributed by atoms with van der Waals surface area (Å²) in [5.41, 5.74) is 6.86. The van der Waals surface area contributed by atoms with E-state index in [2.05, 4.69) is 15.9 Å². The van der Waals surface area contributed by atoms with Gasteiger partial charge in [0.05, 0.1) is 6.10 Å². The highest BCUT2D eigenvalue weighted by atomic mass is 35.5. The summed E-state index contributed by atoms with van der Waals surface area (Å²) in [7, 11) is 1.73. The van der Waals surface area contributed by atoms with Crippen LogP contribution in [0.2, 0.25) is 5.02 Å². The molecule has 5 heteroatoms. The predicted octanol–water partition coefficient (Wildman–Crippen LogP) is 1.83. The first-order valence-electron chi connectivity index (χ1n) is 7.18. The normalized spacial score (nSPS) is 18.2. The quantitative estimate of drug-likeness (QED) is 0.870. The van der Waals surface area contributed by atoms with E-state index in [0.29, 0.717) is 6.54 Å². The van der Waals surface area contributed by atoms with Crippen LogP contribution in [0.15, 0.2) is 24.3 Å². The van der Waals surface area contributed by atoms with E-state index in [9.17, 15) is 0 Å². The topological polar surface area (TPSA) is 41.7 Å². The lowest BCUT2D eigenvalue weighted by molar-refractivity contribution is 0.0885. The Balaban J connectivity index is 1.78. The maximum atomic E-state index is 6.05. The Morgan fingerprint density at radius 3 is 2.65 bits per heavy atom. The number of ether oxygens (including phenoxy) is 1. The zero-order valence-electron chi connectivity index (χ0n) is 12.1. The molecule has 1 atom stereocenters. The van der Waals surface area contributed by atoms with E-state index in [0.717, 1.165) is 44.2 Å². The van der Waals surface area contributed by atoms with Crippen molar-refractivity contribution in [3.8, 4) is 0 Å². The van der Waals surface area contributed by atoms with Gasteiger partial charge >= 0.3 is 0 Å². The minimum atomic E-state index is 0.181. The van der Waals surface area contributed by atoms with Crippen molar-refractivity contribution in [2.75, 3.05) is 51.3 Å². The van der Waals surface area contributed by atoms with Crippen molar-refractivity contribution in [1.29, 1.82) is 0 Å². The lowest BCUT2D eigenvalue weighted by Gasteiger charge is -2.36. The van der Waals surface area contributed by atoms with Gasteiger partial charge < -0.3 is 15.4 Å². The van der Waals surface area contributed by atoms with Crippen LogP contribution in [0.4, 0.5) is 5.69 Å². The molecule has 2 rings (SSSR count). The summed E-state index contributed by atoms with van der Waals surface area (Å²) < 4.78 is 5.32. The van der Waals surface area contributed by atoms with E-state index >= 15 is 0 Å². The van der Waals surface area contributed by atoms with E-state index in [1.807, 2.05) is 18.2 Å². The van der Waals surface area contributed by atoms with Crippen molar-refractivity contribution < 1.29 is 4.74 Å². The molecule has 0 radical (unpaired) electrons. The first-order chi connectivity index (χ1) is 9.72. The van der Waals surface area contributed by atoms with Gasteiger partial charge in [0.25, 0.3) is 0 Å². The second kappa shape index (κ2) is 7.84. The number of rotatable bonds is 6. The molecule has 2 N–H and O–H groups in total. The van der Waals surface area contributed by atoms with Crippen LogP contribution in [0, 0.1) is 0 Å². The molecular formula is C15H24ClN3O. The van der Waals surface area contributed by atoms with Gasteiger partial charge in [-0.05, 0) is 24.6 Å². The molecule has 20 heavy (non-hydrogen) atoms. The van der Waals surface area contributed by atoms with Crippen LogP contribution in [0.5, 0.6) is 0 Å². The zero-order chi connectivity index (χ0) is 14.4. The Kier molecular flexibility index (Phi) is 6.10. The maximum Gasteiger partial charge on any atom is 0.0705 e. The predicted molar refractivity (Wildman–Crippen MR) is 84.6 cm³/mol. The van der Waals surface area contributed by atoms with Gasteiger partial charge in [0.1, 0.15) is 0 Å². The van der Waals surface area contributed by atoms with Crippen molar-refractivity contribution in [3.05, 3.63) is 29.3 Å². The first kappa shape index (κ1) is 15.6. The average Bonchev–Trinajstić information content (AvgIpc) is 2.49. The lowest BCUT2D eigenvalue weighted by Crippen LogP contribution is -2.47. The Morgan fingerprint density at radius 1 is 1.30 bits per heavy atom. The standard InChI is InChI=1S/C15H24ClN3O/c1-20-15(12-17)5-6-18-7-9-19(10-8-18)14-4-2-3-13(16)11-14/h2-4,11,15H,5-10,12,17H2,1H3. The summed E-state index contributed by atoms with van der Waals surface area (Å²) in [6, 6.07) is 8.08. The number of methoxy groups -OCH3 is 1. The van der Waals surface area contributed by atoms with E-state index in [4.69, 9.17) is 22.1 Å². The highest BCUT2D eigenvalue weighted by molar-refractivity contribution is 6.30. The summed E-state index contributed by atoms with van der Waals surface area (Å²) in [5, 5.41) is 0.802. The molecule has 0 aliphatic carbocycles. The number of hydrogen-bond acceptors (Lipinski definition) is 4. The molecule has 0 amide bonds. The van der Waals surface area contributed by atoms with Crippen molar-refractivity contribution in [2.45, 2.75) is 12.5 Å². The fraction of sp³-hybridized carbons (Fsp3) is 0.600. The number of benzene rings is 1. The lowest BCUT2D eigenvalue weighted by atomic mass is 10.2. The molecule has 0 aromatic heterocycles. The van der Waals surface area contributed by atoms with Gasteiger partial charge in [0.2, 0.25) is 0 Å². The van der Waals surface area contributed by atoms with Crippen LogP contribution in [-0.4, -0.2) is 57.4 Å². The van der Waals surface area contributed by atoms with E-state index in [1.165, 1.54) is 5.69 Å². The molecule has 1 unspecified atom stereocenters. The number of anilines is 1. The molecular weight excluding hydrogens is 274 g/mol. The largest absolute Gasteiger partial charge is 0.380 e. The SMILES string of the molecule is COC(CN)CCN1CCN(c2cccc(Cl)c2)CC1. The third-order valence-electron chi connectivity index (χ3n) is 3.91. The molecule has 0 spiro atoms. The number of nitrogens with two attached hydrogens (primary N) is 1. The van der Waals surface area contributed by atoms with Gasteiger partial charge in [-0.1, -0.05) is 17.7 Å². The van der Waals surface area contributed by atoms with Crippen LogP contribution in [-0.2, 0) is 4.74 Å². The van der Waals surface area contributed by atoms with Crippen molar-refractivity contribution in [3.63, 3.8) is 0 Å². The number of nitrogens with zero attached hydrogens (tertiary/aromatic N) is 2. The van der Waals surface area contributed by atoms with Gasteiger partial charge in [0, 0.05) is 57.1 Å². The summed E-state index contributed by atoms with van der Waals surface area (Å²) in [6.45, 7) is 5.89. The fourth-order valence-electron chi connectivity index (χ4n) is 2.56. The molecule has 1 fully saturated rings. The summed E-state index contributed by atoms with van der Waals surface area (Å²) >= 11 is 6.05. The maximum absolute atomic E-state index is 6.05. The monoisotopic (exact) mass is 297 g/mol. The minimum Gasteiger partial charge on any atom is -0.380 e. The van der Waals surface area contributed by atoms with E-state index < -0.39 is 0 Å². The number of hydrogen-bond donors (Lipinski definition) is 1. The van der Waals surface area contributed by atoms with Crippen LogP contribution in [0.1, 0.15) is 6.42 Å². The molecule has 1 saturated heterocycles. The van der Waals surface area contributed by atoms with Crippen molar-refractivity contribution in [2.24, 2.45) is 5.73 Å². The Hall–Kier alpha value is -0.810. The van der Waals surface area contributed by atoms with Crippen molar-refractivity contribution >= 4 is 17.3 Å². The van der Waals surface area contributed by atoms with Gasteiger partial charge in [-0.2, -0.15) is 0 Å². The highest BCUT2D eigenvalue weighted by Crippen LogP contribution is 2.20. The molecule has 1 heterocycles. The summed E-state index contributed by atoms with van der Waals surface area (Å²) in [4.78, 5) is 4.86. The molecule has 1 aromatic rings. The van der Waals surface area contributed by atoms with Crippen LogP contribution < -0.4 is 10.6 Å². The second-order valence-corrected chi connectivity index (χ2v) is 5.63. The van der Waals surface area contributed by atoms with Crippen LogP contribution in [0.3, 0.4) is 0 Å². The third kappa shape index (κ3) is 4.35. The molecule has 1 aromatic carbocycles. The first-order valence-corrected chi connectivity index (χ1v) is 7.56. The van der Waals surface area contributed by atoms with Crippen LogP contribution in [0.25, 0.3) is 0 Å². The molecule has 112 valence electrons. The van der Waals surface area contributed by atoms with Gasteiger partial charge in [-0.25, -0.2) is 0 Å². The molecule has 4 nitrogen and oxygen atoms in total. The van der Waals surface area contributed by atoms with Gasteiger partial charge in [-0.15, -0.1) is 0 Å². The average molecular weight is 298 g/mol. The zero-order valence-corrected chi connectivity index (χ0v) is 12.9. The minimum absolute atomic E-state index is 0.181. The Morgan fingerprint density at radius 2 is 2.05 bits per heavy atom.